The number of hydrogen-bond donors (Lipinski definition) is 2. The number of benzene rings is 3. The zero-order valence-corrected chi connectivity index (χ0v) is 29.4. The highest BCUT2D eigenvalue weighted by atomic mass is 35.5. The Labute approximate surface area is 305 Å². The zero-order valence-electron chi connectivity index (χ0n) is 27.9. The minimum atomic E-state index is -1.01. The number of amides is 3. The Morgan fingerprint density at radius 1 is 0.706 bits per heavy atom. The molecule has 0 bridgehead atoms. The van der Waals surface area contributed by atoms with Gasteiger partial charge in [-0.05, 0) is 93.8 Å². The third-order valence-corrected chi connectivity index (χ3v) is 10.3. The van der Waals surface area contributed by atoms with Crippen LogP contribution < -0.4 is 5.32 Å². The van der Waals surface area contributed by atoms with Crippen LogP contribution in [0.15, 0.2) is 82.8 Å². The molecule has 2 aliphatic heterocycles. The second-order valence-electron chi connectivity index (χ2n) is 13.3. The molecule has 0 atom stereocenters. The van der Waals surface area contributed by atoms with Crippen LogP contribution in [0, 0.1) is 5.82 Å². The summed E-state index contributed by atoms with van der Waals surface area (Å²) < 4.78 is 13.4. The highest BCUT2D eigenvalue weighted by Crippen LogP contribution is 2.41. The van der Waals surface area contributed by atoms with Gasteiger partial charge in [0.25, 0.3) is 11.8 Å². The van der Waals surface area contributed by atoms with E-state index < -0.39 is 23.1 Å². The molecule has 2 aliphatic carbocycles. The number of halogens is 3. The molecule has 51 heavy (non-hydrogen) atoms. The van der Waals surface area contributed by atoms with Gasteiger partial charge >= 0.3 is 5.97 Å². The van der Waals surface area contributed by atoms with Crippen LogP contribution in [0.4, 0.5) is 10.1 Å². The van der Waals surface area contributed by atoms with Gasteiger partial charge in [-0.1, -0.05) is 66.4 Å². The smallest absolute Gasteiger partial charge is 0.323 e. The molecule has 3 amide bonds. The monoisotopic (exact) mass is 733 g/mol. The molecule has 0 unspecified atom stereocenters. The van der Waals surface area contributed by atoms with Crippen molar-refractivity contribution in [1.82, 2.24) is 9.80 Å². The molecule has 3 aromatic rings. The van der Waals surface area contributed by atoms with Crippen molar-refractivity contribution < 1.29 is 28.7 Å². The fraction of sp³-hybridized carbons (Fsp3) is 0.368. The van der Waals surface area contributed by atoms with Crippen molar-refractivity contribution in [3.8, 4) is 0 Å². The van der Waals surface area contributed by atoms with Gasteiger partial charge in [-0.15, -0.1) is 0 Å². The van der Waals surface area contributed by atoms with E-state index in [1.807, 2.05) is 0 Å². The first-order valence-electron chi connectivity index (χ1n) is 17.1. The van der Waals surface area contributed by atoms with E-state index in [2.05, 4.69) is 10.3 Å². The predicted octanol–water partition coefficient (Wildman–Crippen LogP) is 7.13. The number of aliphatic carboxylic acids is 1. The van der Waals surface area contributed by atoms with Crippen molar-refractivity contribution in [1.29, 1.82) is 0 Å². The van der Waals surface area contributed by atoms with E-state index in [9.17, 15) is 23.6 Å². The van der Waals surface area contributed by atoms with E-state index in [1.54, 1.807) is 59.5 Å². The first kappa shape index (κ1) is 36.2. The lowest BCUT2D eigenvalue weighted by Crippen LogP contribution is -2.51. The van der Waals surface area contributed by atoms with Crippen LogP contribution in [0.25, 0.3) is 0 Å². The van der Waals surface area contributed by atoms with Crippen LogP contribution in [0.1, 0.15) is 75.3 Å². The molecule has 266 valence electrons. The highest BCUT2D eigenvalue weighted by molar-refractivity contribution is 6.47. The summed E-state index contributed by atoms with van der Waals surface area (Å²) in [5.41, 5.74) is 1.08. The Hall–Kier alpha value is -4.61. The standard InChI is InChI=1S/C22H21ClFN3O2.C16H17ClN2O3/c23-16-9-7-15(8-10-16)20-21(29)27(22(26-20)11-2-1-3-12-22)14-19(28)25-18-6-4-5-17(24)13-18;17-12-6-4-11(5-7-12)14-15(22)19(10-13(20)21)16(18-14)8-2-1-3-9-16/h4-10,13H,1-3,11-12,14H2,(H,25,28);4-7H,1-3,8-10H2,(H,20,21). The lowest BCUT2D eigenvalue weighted by molar-refractivity contribution is -0.145. The number of aliphatic imine (C=N–C) groups is 2. The number of carboxylic acids is 1. The van der Waals surface area contributed by atoms with E-state index in [0.717, 1.165) is 64.2 Å². The third kappa shape index (κ3) is 7.99. The summed E-state index contributed by atoms with van der Waals surface area (Å²) in [6.07, 6.45) is 8.91. The Morgan fingerprint density at radius 2 is 1.16 bits per heavy atom. The lowest BCUT2D eigenvalue weighted by Gasteiger charge is -2.38. The van der Waals surface area contributed by atoms with Crippen LogP contribution >= 0.6 is 23.2 Å². The number of nitrogens with one attached hydrogen (secondary N) is 1. The average molecular weight is 735 g/mol. The zero-order chi connectivity index (χ0) is 36.2. The number of carbonyl (C=O) groups is 4. The van der Waals surface area contributed by atoms with Crippen molar-refractivity contribution in [3.63, 3.8) is 0 Å². The van der Waals surface area contributed by atoms with Crippen LogP contribution in [0.3, 0.4) is 0 Å². The van der Waals surface area contributed by atoms with Crippen molar-refractivity contribution in [2.45, 2.75) is 75.5 Å². The topological polar surface area (TPSA) is 132 Å². The first-order chi connectivity index (χ1) is 24.5. The maximum absolute atomic E-state index is 13.4. The highest BCUT2D eigenvalue weighted by Gasteiger charge is 2.49. The van der Waals surface area contributed by atoms with Gasteiger partial charge in [-0.3, -0.25) is 29.2 Å². The third-order valence-electron chi connectivity index (χ3n) is 9.79. The molecule has 4 aliphatic rings. The molecule has 0 radical (unpaired) electrons. The van der Waals surface area contributed by atoms with Crippen LogP contribution in [0.2, 0.25) is 10.0 Å². The van der Waals surface area contributed by atoms with Crippen molar-refractivity contribution in [3.05, 3.63) is 99.8 Å². The number of carboxylic acid groups (broad SMARTS) is 1. The number of nitrogens with zero attached hydrogens (tertiary/aromatic N) is 4. The maximum atomic E-state index is 13.4. The largest absolute Gasteiger partial charge is 0.480 e. The Morgan fingerprint density at radius 3 is 1.59 bits per heavy atom. The molecule has 2 fully saturated rings. The summed E-state index contributed by atoms with van der Waals surface area (Å²) >= 11 is 11.8. The van der Waals surface area contributed by atoms with E-state index in [0.29, 0.717) is 38.3 Å². The molecule has 2 heterocycles. The maximum Gasteiger partial charge on any atom is 0.323 e. The summed E-state index contributed by atoms with van der Waals surface area (Å²) in [4.78, 5) is 62.2. The van der Waals surface area contributed by atoms with Crippen molar-refractivity contribution >= 4 is 64.0 Å². The van der Waals surface area contributed by atoms with Crippen LogP contribution in [-0.2, 0) is 19.2 Å². The Bertz CT molecular complexity index is 1870. The fourth-order valence-corrected chi connectivity index (χ4v) is 7.59. The van der Waals surface area contributed by atoms with Gasteiger partial charge in [0, 0.05) is 26.9 Å². The normalized spacial score (nSPS) is 19.0. The van der Waals surface area contributed by atoms with E-state index >= 15 is 0 Å². The second kappa shape index (κ2) is 15.3. The SMILES string of the molecule is O=C(CN1C(=O)C(c2ccc(Cl)cc2)=NC12CCCCC2)Nc1cccc(F)c1.O=C(O)CN1C(=O)C(c2ccc(Cl)cc2)=NC12CCCCC2. The molecular formula is C38H38Cl2FN5O5. The van der Waals surface area contributed by atoms with Crippen LogP contribution in [-0.4, -0.2) is 74.4 Å². The van der Waals surface area contributed by atoms with Gasteiger partial charge in [-0.2, -0.15) is 0 Å². The molecule has 0 saturated heterocycles. The average Bonchev–Trinajstić information content (AvgIpc) is 3.51. The number of hydrogen-bond acceptors (Lipinski definition) is 6. The van der Waals surface area contributed by atoms with E-state index in [4.69, 9.17) is 33.3 Å². The number of carbonyl (C=O) groups excluding carboxylic acids is 3. The van der Waals surface area contributed by atoms with Gasteiger partial charge < -0.3 is 20.2 Å². The van der Waals surface area contributed by atoms with Gasteiger partial charge in [-0.25, -0.2) is 4.39 Å². The molecule has 2 N–H and O–H groups in total. The quantitative estimate of drug-likeness (QED) is 0.267. The number of rotatable bonds is 7. The van der Waals surface area contributed by atoms with Crippen LogP contribution in [0.5, 0.6) is 0 Å². The summed E-state index contributed by atoms with van der Waals surface area (Å²) in [6.45, 7) is -0.435. The van der Waals surface area contributed by atoms with Gasteiger partial charge in [0.05, 0.1) is 0 Å². The van der Waals surface area contributed by atoms with E-state index in [1.165, 1.54) is 23.1 Å². The lowest BCUT2D eigenvalue weighted by atomic mass is 9.88. The van der Waals surface area contributed by atoms with Gasteiger partial charge in [0.2, 0.25) is 5.91 Å². The molecule has 10 nitrogen and oxygen atoms in total. The summed E-state index contributed by atoms with van der Waals surface area (Å²) in [5.74, 6) is -2.38. The molecule has 2 saturated carbocycles. The molecule has 2 spiro atoms. The summed E-state index contributed by atoms with van der Waals surface area (Å²) in [5, 5.41) is 13.0. The molecule has 3 aromatic carbocycles. The van der Waals surface area contributed by atoms with Gasteiger partial charge in [0.1, 0.15) is 41.7 Å². The second-order valence-corrected chi connectivity index (χ2v) is 14.1. The van der Waals surface area contributed by atoms with Gasteiger partial charge in [0.15, 0.2) is 0 Å². The Kier molecular flexibility index (Phi) is 10.9. The molecule has 0 aromatic heterocycles. The molecular weight excluding hydrogens is 696 g/mol. The Balaban J connectivity index is 0.000000183. The first-order valence-corrected chi connectivity index (χ1v) is 17.9. The minimum absolute atomic E-state index is 0.129. The predicted molar refractivity (Wildman–Crippen MR) is 194 cm³/mol. The van der Waals surface area contributed by atoms with E-state index in [-0.39, 0.29) is 30.8 Å². The summed E-state index contributed by atoms with van der Waals surface area (Å²) in [7, 11) is 0. The molecule has 7 rings (SSSR count). The fourth-order valence-electron chi connectivity index (χ4n) is 7.34. The van der Waals surface area contributed by atoms with Crippen molar-refractivity contribution in [2.75, 3.05) is 18.4 Å². The number of anilines is 1. The molecule has 13 heteroatoms. The minimum Gasteiger partial charge on any atom is -0.480 e. The van der Waals surface area contributed by atoms with Crippen molar-refractivity contribution in [2.24, 2.45) is 9.98 Å². The summed E-state index contributed by atoms with van der Waals surface area (Å²) in [6, 6.07) is 19.6.